The Labute approximate surface area is 96.2 Å². The summed E-state index contributed by atoms with van der Waals surface area (Å²) < 4.78 is 5.59. The first-order valence-electron chi connectivity index (χ1n) is 5.91. The summed E-state index contributed by atoms with van der Waals surface area (Å²) in [5.41, 5.74) is 6.67. The van der Waals surface area contributed by atoms with Gasteiger partial charge in [0.2, 0.25) is 0 Å². The van der Waals surface area contributed by atoms with Crippen molar-refractivity contribution in [1.82, 2.24) is 0 Å². The van der Waals surface area contributed by atoms with E-state index in [2.05, 4.69) is 6.07 Å². The molecule has 0 radical (unpaired) electrons. The summed E-state index contributed by atoms with van der Waals surface area (Å²) in [6.07, 6.45) is 2.16. The van der Waals surface area contributed by atoms with Gasteiger partial charge in [0.25, 0.3) is 0 Å². The molecule has 1 aromatic carbocycles. The van der Waals surface area contributed by atoms with Crippen LogP contribution in [0.1, 0.15) is 30.7 Å². The van der Waals surface area contributed by atoms with E-state index in [0.717, 1.165) is 25.2 Å². The maximum atomic E-state index is 9.81. The molecule has 3 heteroatoms. The lowest BCUT2D eigenvalue weighted by Gasteiger charge is -2.27. The van der Waals surface area contributed by atoms with Gasteiger partial charge in [0, 0.05) is 0 Å². The first-order chi connectivity index (χ1) is 7.81. The smallest absolute Gasteiger partial charge is 0.122 e. The molecule has 0 fully saturated rings. The van der Waals surface area contributed by atoms with Crippen LogP contribution in [0.25, 0.3) is 0 Å². The Morgan fingerprint density at radius 1 is 1.44 bits per heavy atom. The predicted octanol–water partition coefficient (Wildman–Crippen LogP) is 1.65. The molecule has 0 aliphatic carbocycles. The largest absolute Gasteiger partial charge is 0.493 e. The van der Waals surface area contributed by atoms with Gasteiger partial charge in [-0.25, -0.2) is 0 Å². The third-order valence-electron chi connectivity index (χ3n) is 3.14. The minimum Gasteiger partial charge on any atom is -0.493 e. The van der Waals surface area contributed by atoms with Gasteiger partial charge in [0.05, 0.1) is 12.7 Å². The number of hydrogen-bond donors (Lipinski definition) is 2. The van der Waals surface area contributed by atoms with Crippen LogP contribution >= 0.6 is 0 Å². The normalized spacial score (nSPS) is 21.0. The second-order valence-electron chi connectivity index (χ2n) is 4.34. The van der Waals surface area contributed by atoms with Crippen LogP contribution in [0.5, 0.6) is 5.75 Å². The molecule has 2 atom stereocenters. The molecule has 1 aliphatic heterocycles. The summed E-state index contributed by atoms with van der Waals surface area (Å²) >= 11 is 0. The molecular formula is C13H19NO2. The lowest BCUT2D eigenvalue weighted by atomic mass is 9.87. The highest BCUT2D eigenvalue weighted by Crippen LogP contribution is 2.36. The molecule has 0 saturated heterocycles. The molecule has 2 rings (SSSR count). The van der Waals surface area contributed by atoms with Gasteiger partial charge < -0.3 is 15.6 Å². The van der Waals surface area contributed by atoms with Gasteiger partial charge in [0.15, 0.2) is 0 Å². The Balaban J connectivity index is 2.07. The fourth-order valence-corrected chi connectivity index (χ4v) is 2.30. The SMILES string of the molecule is NCCC(O)CC1CCOc2ccccc21. The number of nitrogens with two attached hydrogens (primary N) is 1. The minimum absolute atomic E-state index is 0.291. The van der Waals surface area contributed by atoms with Crippen molar-refractivity contribution in [2.45, 2.75) is 31.3 Å². The van der Waals surface area contributed by atoms with Crippen molar-refractivity contribution in [2.75, 3.05) is 13.2 Å². The highest BCUT2D eigenvalue weighted by atomic mass is 16.5. The molecule has 16 heavy (non-hydrogen) atoms. The molecule has 3 N–H and O–H groups in total. The molecule has 1 aliphatic rings. The second kappa shape index (κ2) is 5.32. The van der Waals surface area contributed by atoms with E-state index in [9.17, 15) is 5.11 Å². The molecule has 0 amide bonds. The van der Waals surface area contributed by atoms with E-state index < -0.39 is 0 Å². The standard InChI is InChI=1S/C13H19NO2/c14-7-5-11(15)9-10-6-8-16-13-4-2-1-3-12(10)13/h1-4,10-11,15H,5-9,14H2. The van der Waals surface area contributed by atoms with Gasteiger partial charge in [-0.15, -0.1) is 0 Å². The van der Waals surface area contributed by atoms with Crippen LogP contribution < -0.4 is 10.5 Å². The zero-order chi connectivity index (χ0) is 11.4. The Morgan fingerprint density at radius 3 is 3.06 bits per heavy atom. The van der Waals surface area contributed by atoms with Crippen molar-refractivity contribution < 1.29 is 9.84 Å². The van der Waals surface area contributed by atoms with Gasteiger partial charge in [-0.3, -0.25) is 0 Å². The van der Waals surface area contributed by atoms with Crippen molar-refractivity contribution in [2.24, 2.45) is 5.73 Å². The fourth-order valence-electron chi connectivity index (χ4n) is 2.30. The lowest BCUT2D eigenvalue weighted by Crippen LogP contribution is -2.21. The van der Waals surface area contributed by atoms with Crippen LogP contribution in [-0.2, 0) is 0 Å². The molecule has 1 aromatic rings. The summed E-state index contributed by atoms with van der Waals surface area (Å²) in [7, 11) is 0. The second-order valence-corrected chi connectivity index (χ2v) is 4.34. The summed E-state index contributed by atoms with van der Waals surface area (Å²) in [5, 5.41) is 9.81. The third-order valence-corrected chi connectivity index (χ3v) is 3.14. The van der Waals surface area contributed by atoms with Crippen LogP contribution in [0, 0.1) is 0 Å². The minimum atomic E-state index is -0.291. The predicted molar refractivity (Wildman–Crippen MR) is 63.6 cm³/mol. The number of benzene rings is 1. The Bertz CT molecular complexity index is 340. The highest BCUT2D eigenvalue weighted by molar-refractivity contribution is 5.37. The van der Waals surface area contributed by atoms with E-state index in [1.807, 2.05) is 18.2 Å². The molecule has 3 nitrogen and oxygen atoms in total. The summed E-state index contributed by atoms with van der Waals surface area (Å²) in [4.78, 5) is 0. The van der Waals surface area contributed by atoms with Crippen molar-refractivity contribution in [3.05, 3.63) is 29.8 Å². The van der Waals surface area contributed by atoms with Gasteiger partial charge >= 0.3 is 0 Å². The topological polar surface area (TPSA) is 55.5 Å². The Kier molecular flexibility index (Phi) is 3.80. The maximum Gasteiger partial charge on any atom is 0.122 e. The summed E-state index contributed by atoms with van der Waals surface area (Å²) in [6, 6.07) is 8.10. The highest BCUT2D eigenvalue weighted by Gasteiger charge is 2.23. The van der Waals surface area contributed by atoms with E-state index >= 15 is 0 Å². The molecule has 0 aromatic heterocycles. The van der Waals surface area contributed by atoms with E-state index in [1.165, 1.54) is 5.56 Å². The monoisotopic (exact) mass is 221 g/mol. The van der Waals surface area contributed by atoms with Crippen molar-refractivity contribution in [3.8, 4) is 5.75 Å². The number of rotatable bonds is 4. The van der Waals surface area contributed by atoms with Crippen LogP contribution in [0.4, 0.5) is 0 Å². The van der Waals surface area contributed by atoms with Gasteiger partial charge in [0.1, 0.15) is 5.75 Å². The molecule has 0 saturated carbocycles. The molecule has 88 valence electrons. The zero-order valence-electron chi connectivity index (χ0n) is 9.43. The molecule has 0 spiro atoms. The molecule has 2 unspecified atom stereocenters. The number of ether oxygens (including phenoxy) is 1. The van der Waals surface area contributed by atoms with Gasteiger partial charge in [-0.1, -0.05) is 18.2 Å². The number of para-hydroxylation sites is 1. The lowest BCUT2D eigenvalue weighted by molar-refractivity contribution is 0.137. The number of fused-ring (bicyclic) bond motifs is 1. The number of aliphatic hydroxyl groups excluding tert-OH is 1. The van der Waals surface area contributed by atoms with Crippen molar-refractivity contribution >= 4 is 0 Å². The fraction of sp³-hybridized carbons (Fsp3) is 0.538. The van der Waals surface area contributed by atoms with Gasteiger partial charge in [-0.05, 0) is 43.4 Å². The first-order valence-corrected chi connectivity index (χ1v) is 5.91. The maximum absolute atomic E-state index is 9.81. The van der Waals surface area contributed by atoms with Crippen LogP contribution in [0.3, 0.4) is 0 Å². The number of aliphatic hydroxyl groups is 1. The Morgan fingerprint density at radius 2 is 2.25 bits per heavy atom. The molecular weight excluding hydrogens is 202 g/mol. The summed E-state index contributed by atoms with van der Waals surface area (Å²) in [6.45, 7) is 1.29. The Hall–Kier alpha value is -1.06. The van der Waals surface area contributed by atoms with E-state index in [4.69, 9.17) is 10.5 Å². The number of hydrogen-bond acceptors (Lipinski definition) is 3. The first kappa shape index (κ1) is 11.4. The zero-order valence-corrected chi connectivity index (χ0v) is 9.43. The van der Waals surface area contributed by atoms with Crippen molar-refractivity contribution in [3.63, 3.8) is 0 Å². The van der Waals surface area contributed by atoms with E-state index in [-0.39, 0.29) is 6.10 Å². The van der Waals surface area contributed by atoms with Crippen LogP contribution in [0.15, 0.2) is 24.3 Å². The molecule has 1 heterocycles. The van der Waals surface area contributed by atoms with Crippen LogP contribution in [-0.4, -0.2) is 24.4 Å². The quantitative estimate of drug-likeness (QED) is 0.813. The van der Waals surface area contributed by atoms with E-state index in [1.54, 1.807) is 0 Å². The average Bonchev–Trinajstić information content (AvgIpc) is 2.30. The van der Waals surface area contributed by atoms with Crippen LogP contribution in [0.2, 0.25) is 0 Å². The molecule has 0 bridgehead atoms. The van der Waals surface area contributed by atoms with Crippen molar-refractivity contribution in [1.29, 1.82) is 0 Å². The summed E-state index contributed by atoms with van der Waals surface area (Å²) in [5.74, 6) is 1.38. The van der Waals surface area contributed by atoms with E-state index in [0.29, 0.717) is 18.9 Å². The van der Waals surface area contributed by atoms with Gasteiger partial charge in [-0.2, -0.15) is 0 Å². The third kappa shape index (κ3) is 2.54. The average molecular weight is 221 g/mol.